The van der Waals surface area contributed by atoms with Gasteiger partial charge in [0, 0.05) is 0 Å². The number of hydrogen-bond donors (Lipinski definition) is 0. The van der Waals surface area contributed by atoms with Crippen molar-refractivity contribution in [3.8, 4) is 0 Å². The summed E-state index contributed by atoms with van der Waals surface area (Å²) in [6.07, 6.45) is 11.0. The number of rotatable bonds is 6. The molecule has 0 aliphatic carbocycles. The molecule has 0 radical (unpaired) electrons. The zero-order valence-corrected chi connectivity index (χ0v) is 8.79. The Labute approximate surface area is 82.6 Å². The SMILES string of the molecule is [2H]c1n(CCCCCCC)cc[n+]1C. The van der Waals surface area contributed by atoms with Crippen molar-refractivity contribution in [2.24, 2.45) is 7.05 Å². The highest BCUT2D eigenvalue weighted by Crippen LogP contribution is 2.03. The average molecular weight is 182 g/mol. The first-order valence-electron chi connectivity index (χ1n) is 5.77. The van der Waals surface area contributed by atoms with Crippen molar-refractivity contribution in [3.05, 3.63) is 18.7 Å². The van der Waals surface area contributed by atoms with Gasteiger partial charge in [0.05, 0.1) is 13.6 Å². The number of nitrogens with zero attached hydrogens (tertiary/aromatic N) is 2. The summed E-state index contributed by atoms with van der Waals surface area (Å²) < 4.78 is 11.6. The zero-order chi connectivity index (χ0) is 10.4. The molecule has 0 amide bonds. The van der Waals surface area contributed by atoms with Crippen molar-refractivity contribution < 1.29 is 5.94 Å². The Morgan fingerprint density at radius 2 is 2.08 bits per heavy atom. The molecule has 0 saturated carbocycles. The Kier molecular flexibility index (Phi) is 3.91. The van der Waals surface area contributed by atoms with E-state index < -0.39 is 0 Å². The van der Waals surface area contributed by atoms with E-state index >= 15 is 0 Å². The van der Waals surface area contributed by atoms with Gasteiger partial charge >= 0.3 is 0 Å². The smallest absolute Gasteiger partial charge is 0.240 e. The van der Waals surface area contributed by atoms with Crippen LogP contribution in [0.1, 0.15) is 40.4 Å². The van der Waals surface area contributed by atoms with E-state index in [2.05, 4.69) is 6.92 Å². The molecular formula is C11H21N2+. The molecule has 0 aromatic carbocycles. The fourth-order valence-corrected chi connectivity index (χ4v) is 1.46. The maximum atomic E-state index is 7.72. The third-order valence-electron chi connectivity index (χ3n) is 2.26. The third-order valence-corrected chi connectivity index (χ3v) is 2.26. The summed E-state index contributed by atoms with van der Waals surface area (Å²) in [7, 11) is 1.91. The monoisotopic (exact) mass is 182 g/mol. The van der Waals surface area contributed by atoms with Crippen LogP contribution in [0.5, 0.6) is 0 Å². The number of aromatic nitrogens is 2. The van der Waals surface area contributed by atoms with E-state index in [1.165, 1.54) is 32.1 Å². The van der Waals surface area contributed by atoms with Gasteiger partial charge in [-0.2, -0.15) is 0 Å². The molecule has 0 spiro atoms. The molecule has 1 aromatic rings. The number of hydrogen-bond acceptors (Lipinski definition) is 0. The van der Waals surface area contributed by atoms with Crippen LogP contribution in [0.2, 0.25) is 0 Å². The van der Waals surface area contributed by atoms with Gasteiger partial charge < -0.3 is 0 Å². The van der Waals surface area contributed by atoms with Crippen LogP contribution in [-0.4, -0.2) is 4.57 Å². The minimum atomic E-state index is 0.598. The molecular weight excluding hydrogens is 160 g/mol. The van der Waals surface area contributed by atoms with Crippen molar-refractivity contribution in [3.63, 3.8) is 0 Å². The highest BCUT2D eigenvalue weighted by atomic mass is 15.1. The van der Waals surface area contributed by atoms with E-state index in [0.29, 0.717) is 6.30 Å². The fourth-order valence-electron chi connectivity index (χ4n) is 1.46. The standard InChI is InChI=1S/C11H21N2/c1-3-4-5-6-7-8-13-10-9-12(2)11-13/h9-11H,3-8H2,1-2H3/q+1/i11D. The summed E-state index contributed by atoms with van der Waals surface area (Å²) in [6, 6.07) is 0. The predicted molar refractivity (Wildman–Crippen MR) is 54.4 cm³/mol. The third kappa shape index (κ3) is 4.11. The summed E-state index contributed by atoms with van der Waals surface area (Å²) in [4.78, 5) is 0. The molecule has 13 heavy (non-hydrogen) atoms. The fraction of sp³-hybridized carbons (Fsp3) is 0.727. The molecule has 0 N–H and O–H groups in total. The van der Waals surface area contributed by atoms with E-state index in [4.69, 9.17) is 1.37 Å². The van der Waals surface area contributed by atoms with Gasteiger partial charge in [-0.15, -0.1) is 0 Å². The second kappa shape index (κ2) is 5.79. The first-order chi connectivity index (χ1) is 6.75. The van der Waals surface area contributed by atoms with Crippen LogP contribution < -0.4 is 4.57 Å². The molecule has 2 heteroatoms. The highest BCUT2D eigenvalue weighted by molar-refractivity contribution is 4.65. The quantitative estimate of drug-likeness (QED) is 0.471. The Hall–Kier alpha value is -0.790. The maximum absolute atomic E-state index is 7.72. The minimum Gasteiger partial charge on any atom is -0.240 e. The Balaban J connectivity index is 2.21. The molecule has 0 bridgehead atoms. The van der Waals surface area contributed by atoms with E-state index in [0.717, 1.165) is 6.54 Å². The van der Waals surface area contributed by atoms with E-state index in [1.54, 1.807) is 0 Å². The van der Waals surface area contributed by atoms with Gasteiger partial charge in [-0.3, -0.25) is 0 Å². The second-order valence-electron chi connectivity index (χ2n) is 3.62. The first kappa shape index (κ1) is 8.79. The second-order valence-corrected chi connectivity index (χ2v) is 3.62. The van der Waals surface area contributed by atoms with Gasteiger partial charge in [-0.05, 0) is 12.8 Å². The average Bonchev–Trinajstić information content (AvgIpc) is 2.49. The number of aryl methyl sites for hydroxylation is 2. The molecule has 1 aromatic heterocycles. The summed E-state index contributed by atoms with van der Waals surface area (Å²) in [5, 5.41) is 0. The van der Waals surface area contributed by atoms with Gasteiger partial charge in [-0.1, -0.05) is 26.2 Å². The van der Waals surface area contributed by atoms with Crippen molar-refractivity contribution in [2.75, 3.05) is 0 Å². The molecule has 0 aliphatic heterocycles. The van der Waals surface area contributed by atoms with Gasteiger partial charge in [0.2, 0.25) is 6.30 Å². The summed E-state index contributed by atoms with van der Waals surface area (Å²) >= 11 is 0. The Morgan fingerprint density at radius 1 is 1.31 bits per heavy atom. The molecule has 0 atom stereocenters. The molecule has 0 fully saturated rings. The molecule has 0 unspecified atom stereocenters. The molecule has 1 heterocycles. The minimum absolute atomic E-state index is 0.598. The molecule has 2 nitrogen and oxygen atoms in total. The molecule has 74 valence electrons. The van der Waals surface area contributed by atoms with Crippen LogP contribution in [0.3, 0.4) is 0 Å². The summed E-state index contributed by atoms with van der Waals surface area (Å²) in [5.41, 5.74) is 0. The van der Waals surface area contributed by atoms with E-state index in [-0.39, 0.29) is 0 Å². The van der Waals surface area contributed by atoms with Crippen LogP contribution in [0, 0.1) is 0 Å². The van der Waals surface area contributed by atoms with Crippen LogP contribution in [-0.2, 0) is 13.6 Å². The summed E-state index contributed by atoms with van der Waals surface area (Å²) in [6.45, 7) is 3.22. The number of imidazole rings is 1. The highest BCUT2D eigenvalue weighted by Gasteiger charge is 1.98. The van der Waals surface area contributed by atoms with Gasteiger partial charge in [-0.25, -0.2) is 9.13 Å². The lowest BCUT2D eigenvalue weighted by Crippen LogP contribution is -2.23. The molecule has 0 saturated heterocycles. The Morgan fingerprint density at radius 3 is 2.69 bits per heavy atom. The zero-order valence-electron chi connectivity index (χ0n) is 9.79. The van der Waals surface area contributed by atoms with E-state index in [9.17, 15) is 0 Å². The van der Waals surface area contributed by atoms with Crippen molar-refractivity contribution in [1.82, 2.24) is 4.57 Å². The van der Waals surface area contributed by atoms with Crippen molar-refractivity contribution in [2.45, 2.75) is 45.6 Å². The van der Waals surface area contributed by atoms with Gasteiger partial charge in [0.15, 0.2) is 1.37 Å². The normalized spacial score (nSPS) is 11.7. The Bertz CT molecular complexity index is 268. The molecule has 0 aliphatic rings. The van der Waals surface area contributed by atoms with Crippen LogP contribution in [0.15, 0.2) is 18.7 Å². The van der Waals surface area contributed by atoms with Crippen LogP contribution >= 0.6 is 0 Å². The van der Waals surface area contributed by atoms with E-state index in [1.807, 2.05) is 28.6 Å². The predicted octanol–water partition coefficient (Wildman–Crippen LogP) is 2.28. The maximum Gasteiger partial charge on any atom is 0.243 e. The van der Waals surface area contributed by atoms with Gasteiger partial charge in [0.25, 0.3) is 0 Å². The largest absolute Gasteiger partial charge is 0.243 e. The lowest BCUT2D eigenvalue weighted by Gasteiger charge is -1.97. The topological polar surface area (TPSA) is 8.81 Å². The number of unbranched alkanes of at least 4 members (excludes halogenated alkanes) is 4. The lowest BCUT2D eigenvalue weighted by molar-refractivity contribution is -0.671. The van der Waals surface area contributed by atoms with Crippen LogP contribution in [0.25, 0.3) is 0 Å². The van der Waals surface area contributed by atoms with Gasteiger partial charge in [0.1, 0.15) is 12.4 Å². The van der Waals surface area contributed by atoms with Crippen molar-refractivity contribution in [1.29, 1.82) is 0 Å². The first-order valence-corrected chi connectivity index (χ1v) is 5.27. The van der Waals surface area contributed by atoms with Crippen molar-refractivity contribution >= 4 is 0 Å². The lowest BCUT2D eigenvalue weighted by atomic mass is 10.1. The molecule has 1 rings (SSSR count). The summed E-state index contributed by atoms with van der Waals surface area (Å²) in [5.74, 6) is 0. The van der Waals surface area contributed by atoms with Crippen LogP contribution in [0.4, 0.5) is 0 Å².